The lowest BCUT2D eigenvalue weighted by atomic mass is 10.0. The van der Waals surface area contributed by atoms with E-state index in [1.54, 1.807) is 5.38 Å². The maximum absolute atomic E-state index is 12.6. The molecule has 1 fully saturated rings. The zero-order chi connectivity index (χ0) is 14.8. The number of nitrogens with two attached hydrogens (primary N) is 1. The predicted molar refractivity (Wildman–Crippen MR) is 89.5 cm³/mol. The highest BCUT2D eigenvalue weighted by Crippen LogP contribution is 2.27. The first-order valence-electron chi connectivity index (χ1n) is 7.22. The van der Waals surface area contributed by atoms with Crippen molar-refractivity contribution in [2.45, 2.75) is 32.2 Å². The number of hydrogen-bond donors (Lipinski definition) is 1. The van der Waals surface area contributed by atoms with Gasteiger partial charge in [-0.3, -0.25) is 4.79 Å². The number of thiazole rings is 1. The highest BCUT2D eigenvalue weighted by atomic mass is 35.5. The molecule has 0 bridgehead atoms. The summed E-state index contributed by atoms with van der Waals surface area (Å²) in [6.45, 7) is 3.18. The lowest BCUT2D eigenvalue weighted by Gasteiger charge is -2.34. The van der Waals surface area contributed by atoms with E-state index >= 15 is 0 Å². The van der Waals surface area contributed by atoms with Gasteiger partial charge in [0.25, 0.3) is 5.91 Å². The molecule has 0 aromatic carbocycles. The van der Waals surface area contributed by atoms with E-state index in [0.717, 1.165) is 36.6 Å². The minimum Gasteiger partial charge on any atom is -0.459 e. The largest absolute Gasteiger partial charge is 0.459 e. The number of carbonyl (C=O) groups is 1. The lowest BCUT2D eigenvalue weighted by Crippen LogP contribution is -2.47. The summed E-state index contributed by atoms with van der Waals surface area (Å²) in [7, 11) is 0. The van der Waals surface area contributed by atoms with Crippen molar-refractivity contribution in [3.63, 3.8) is 0 Å². The molecule has 3 heterocycles. The second-order valence-electron chi connectivity index (χ2n) is 5.33. The molecule has 1 atom stereocenters. The van der Waals surface area contributed by atoms with E-state index < -0.39 is 0 Å². The number of nitrogens with zero attached hydrogens (tertiary/aromatic N) is 2. The van der Waals surface area contributed by atoms with E-state index in [0.29, 0.717) is 18.0 Å². The van der Waals surface area contributed by atoms with Crippen LogP contribution in [0, 0.1) is 6.92 Å². The number of halogens is 1. The van der Waals surface area contributed by atoms with Crippen LogP contribution in [-0.4, -0.2) is 34.9 Å². The smallest absolute Gasteiger partial charge is 0.273 e. The second kappa shape index (κ2) is 7.26. The minimum atomic E-state index is -0.0177. The first-order valence-corrected chi connectivity index (χ1v) is 8.10. The highest BCUT2D eigenvalue weighted by molar-refractivity contribution is 7.13. The quantitative estimate of drug-likeness (QED) is 0.931. The Kier molecular flexibility index (Phi) is 5.61. The van der Waals surface area contributed by atoms with Gasteiger partial charge in [-0.1, -0.05) is 0 Å². The summed E-state index contributed by atoms with van der Waals surface area (Å²) in [5, 5.41) is 2.55. The fourth-order valence-electron chi connectivity index (χ4n) is 2.69. The van der Waals surface area contributed by atoms with Gasteiger partial charge >= 0.3 is 0 Å². The van der Waals surface area contributed by atoms with Crippen molar-refractivity contribution in [3.8, 4) is 10.8 Å². The SMILES string of the molecule is Cc1ccc(-c2nc(C(=O)N3CCCCC3CN)cs2)o1.Cl. The van der Waals surface area contributed by atoms with Crippen LogP contribution >= 0.6 is 23.7 Å². The molecule has 5 nitrogen and oxygen atoms in total. The number of furan rings is 1. The molecule has 1 amide bonds. The van der Waals surface area contributed by atoms with Crippen molar-refractivity contribution in [3.05, 3.63) is 29.0 Å². The Labute approximate surface area is 139 Å². The standard InChI is InChI=1S/C15H19N3O2S.ClH/c1-10-5-6-13(20-10)14-17-12(9-21-14)15(19)18-7-3-2-4-11(18)8-16;/h5-6,9,11H,2-4,7-8,16H2,1H3;1H. The summed E-state index contributed by atoms with van der Waals surface area (Å²) in [4.78, 5) is 18.9. The van der Waals surface area contributed by atoms with E-state index in [1.165, 1.54) is 11.3 Å². The highest BCUT2D eigenvalue weighted by Gasteiger charge is 2.28. The number of likely N-dealkylation sites (tertiary alicyclic amines) is 1. The van der Waals surface area contributed by atoms with E-state index in [-0.39, 0.29) is 24.4 Å². The fraction of sp³-hybridized carbons (Fsp3) is 0.467. The van der Waals surface area contributed by atoms with Gasteiger partial charge in [0.05, 0.1) is 0 Å². The van der Waals surface area contributed by atoms with Crippen molar-refractivity contribution in [2.75, 3.05) is 13.1 Å². The second-order valence-corrected chi connectivity index (χ2v) is 6.19. The third-order valence-electron chi connectivity index (χ3n) is 3.83. The summed E-state index contributed by atoms with van der Waals surface area (Å²) >= 11 is 1.43. The summed E-state index contributed by atoms with van der Waals surface area (Å²) in [6.07, 6.45) is 3.16. The van der Waals surface area contributed by atoms with Crippen LogP contribution in [0.4, 0.5) is 0 Å². The number of aryl methyl sites for hydroxylation is 1. The van der Waals surface area contributed by atoms with Crippen LogP contribution in [0.15, 0.2) is 21.9 Å². The Hall–Kier alpha value is -1.37. The first kappa shape index (κ1) is 17.0. The van der Waals surface area contributed by atoms with Gasteiger partial charge in [-0.05, 0) is 38.3 Å². The number of piperidine rings is 1. The molecule has 1 aliphatic rings. The van der Waals surface area contributed by atoms with Crippen LogP contribution in [0.5, 0.6) is 0 Å². The first-order chi connectivity index (χ1) is 10.2. The molecule has 1 aliphatic heterocycles. The molecule has 2 aromatic rings. The molecule has 3 rings (SSSR count). The Bertz CT molecular complexity index is 640. The molecule has 1 unspecified atom stereocenters. The number of aromatic nitrogens is 1. The predicted octanol–water partition coefficient (Wildman–Crippen LogP) is 3.09. The van der Waals surface area contributed by atoms with Crippen LogP contribution in [0.3, 0.4) is 0 Å². The zero-order valence-corrected chi connectivity index (χ0v) is 14.1. The topological polar surface area (TPSA) is 72.4 Å². The summed E-state index contributed by atoms with van der Waals surface area (Å²) in [5.74, 6) is 1.54. The van der Waals surface area contributed by atoms with Gasteiger partial charge in [0.1, 0.15) is 11.5 Å². The van der Waals surface area contributed by atoms with E-state index in [2.05, 4.69) is 4.98 Å². The molecule has 0 radical (unpaired) electrons. The van der Waals surface area contributed by atoms with Crippen molar-refractivity contribution >= 4 is 29.7 Å². The van der Waals surface area contributed by atoms with Gasteiger partial charge in [0.15, 0.2) is 10.8 Å². The maximum atomic E-state index is 12.6. The van der Waals surface area contributed by atoms with E-state index in [1.807, 2.05) is 24.0 Å². The number of hydrogen-bond acceptors (Lipinski definition) is 5. The van der Waals surface area contributed by atoms with Crippen molar-refractivity contribution in [2.24, 2.45) is 5.73 Å². The van der Waals surface area contributed by atoms with Crippen molar-refractivity contribution in [1.29, 1.82) is 0 Å². The molecule has 0 aliphatic carbocycles. The molecule has 2 aromatic heterocycles. The monoisotopic (exact) mass is 341 g/mol. The maximum Gasteiger partial charge on any atom is 0.273 e. The Balaban J connectivity index is 0.00000176. The molecule has 22 heavy (non-hydrogen) atoms. The van der Waals surface area contributed by atoms with Crippen LogP contribution in [0.2, 0.25) is 0 Å². The Morgan fingerprint density at radius 2 is 2.32 bits per heavy atom. The molecule has 0 spiro atoms. The molecule has 2 N–H and O–H groups in total. The van der Waals surface area contributed by atoms with Crippen LogP contribution in [0.25, 0.3) is 10.8 Å². The molecular weight excluding hydrogens is 322 g/mol. The van der Waals surface area contributed by atoms with Crippen molar-refractivity contribution in [1.82, 2.24) is 9.88 Å². The van der Waals surface area contributed by atoms with E-state index in [4.69, 9.17) is 10.2 Å². The Morgan fingerprint density at radius 1 is 1.50 bits per heavy atom. The van der Waals surface area contributed by atoms with Gasteiger partial charge in [-0.15, -0.1) is 23.7 Å². The van der Waals surface area contributed by atoms with Gasteiger partial charge in [-0.25, -0.2) is 4.98 Å². The van der Waals surface area contributed by atoms with Gasteiger partial charge in [0, 0.05) is 24.5 Å². The van der Waals surface area contributed by atoms with Crippen LogP contribution < -0.4 is 5.73 Å². The van der Waals surface area contributed by atoms with Gasteiger partial charge in [-0.2, -0.15) is 0 Å². The van der Waals surface area contributed by atoms with Crippen molar-refractivity contribution < 1.29 is 9.21 Å². The summed E-state index contributed by atoms with van der Waals surface area (Å²) in [5.41, 5.74) is 6.27. The third-order valence-corrected chi connectivity index (χ3v) is 4.69. The molecule has 1 saturated heterocycles. The average molecular weight is 342 g/mol. The summed E-state index contributed by atoms with van der Waals surface area (Å²) < 4.78 is 5.55. The number of amides is 1. The van der Waals surface area contributed by atoms with E-state index in [9.17, 15) is 4.79 Å². The van der Waals surface area contributed by atoms with Gasteiger partial charge in [0.2, 0.25) is 0 Å². The number of rotatable bonds is 3. The normalized spacial score (nSPS) is 18.1. The lowest BCUT2D eigenvalue weighted by molar-refractivity contribution is 0.0618. The molecule has 0 saturated carbocycles. The molecule has 7 heteroatoms. The fourth-order valence-corrected chi connectivity index (χ4v) is 3.45. The van der Waals surface area contributed by atoms with Crippen LogP contribution in [-0.2, 0) is 0 Å². The van der Waals surface area contributed by atoms with Gasteiger partial charge < -0.3 is 15.1 Å². The summed E-state index contributed by atoms with van der Waals surface area (Å²) in [6, 6.07) is 3.92. The molecular formula is C15H20ClN3O2S. The third kappa shape index (κ3) is 3.34. The van der Waals surface area contributed by atoms with Crippen LogP contribution in [0.1, 0.15) is 35.5 Å². The average Bonchev–Trinajstić information content (AvgIpc) is 3.15. The minimum absolute atomic E-state index is 0. The molecule has 120 valence electrons. The Morgan fingerprint density at radius 3 is 3.00 bits per heavy atom. The zero-order valence-electron chi connectivity index (χ0n) is 12.4. The number of carbonyl (C=O) groups excluding carboxylic acids is 1.